The fraction of sp³-hybridized carbons (Fsp3) is 0.571. The molecule has 0 aliphatic carbocycles. The predicted molar refractivity (Wildman–Crippen MR) is 76.9 cm³/mol. The zero-order chi connectivity index (χ0) is 14.5. The Balaban J connectivity index is 2.56. The van der Waals surface area contributed by atoms with Crippen LogP contribution in [0, 0.1) is 5.41 Å². The standard InChI is InChI=1S/C14H23NO3S/c1-14(2,3)10-5-11-15-19(16,17)13-8-6-12(18-4)7-9-13/h6-9,15H,5,10-11H2,1-4H3. The summed E-state index contributed by atoms with van der Waals surface area (Å²) in [5.74, 6) is 0.645. The highest BCUT2D eigenvalue weighted by Crippen LogP contribution is 2.20. The highest BCUT2D eigenvalue weighted by atomic mass is 32.2. The first-order chi connectivity index (χ1) is 8.74. The molecule has 0 saturated carbocycles. The molecule has 1 rings (SSSR count). The number of rotatable bonds is 6. The van der Waals surface area contributed by atoms with Gasteiger partial charge in [0.1, 0.15) is 5.75 Å². The number of hydrogen-bond donors (Lipinski definition) is 1. The molecule has 1 aromatic rings. The van der Waals surface area contributed by atoms with Crippen LogP contribution in [0.5, 0.6) is 5.75 Å². The second-order valence-electron chi connectivity index (χ2n) is 5.74. The van der Waals surface area contributed by atoms with Crippen LogP contribution in [0.15, 0.2) is 29.2 Å². The number of sulfonamides is 1. The van der Waals surface area contributed by atoms with Crippen molar-refractivity contribution in [2.24, 2.45) is 5.41 Å². The van der Waals surface area contributed by atoms with Crippen molar-refractivity contribution in [2.75, 3.05) is 13.7 Å². The third-order valence-corrected chi connectivity index (χ3v) is 4.24. The van der Waals surface area contributed by atoms with E-state index in [9.17, 15) is 8.42 Å². The number of ether oxygens (including phenoxy) is 1. The maximum absolute atomic E-state index is 12.0. The van der Waals surface area contributed by atoms with Gasteiger partial charge in [0.05, 0.1) is 12.0 Å². The van der Waals surface area contributed by atoms with Crippen molar-refractivity contribution in [1.29, 1.82) is 0 Å². The molecule has 0 aromatic heterocycles. The minimum Gasteiger partial charge on any atom is -0.497 e. The van der Waals surface area contributed by atoms with Crippen LogP contribution in [0.25, 0.3) is 0 Å². The normalized spacial score (nSPS) is 12.4. The van der Waals surface area contributed by atoms with Gasteiger partial charge in [-0.1, -0.05) is 20.8 Å². The zero-order valence-electron chi connectivity index (χ0n) is 12.1. The molecule has 1 aromatic carbocycles. The quantitative estimate of drug-likeness (QED) is 0.818. The zero-order valence-corrected chi connectivity index (χ0v) is 12.9. The Morgan fingerprint density at radius 3 is 2.21 bits per heavy atom. The molecule has 0 atom stereocenters. The first kappa shape index (κ1) is 16.0. The first-order valence-corrected chi connectivity index (χ1v) is 7.87. The first-order valence-electron chi connectivity index (χ1n) is 6.38. The van der Waals surface area contributed by atoms with Gasteiger partial charge in [-0.25, -0.2) is 13.1 Å². The van der Waals surface area contributed by atoms with E-state index >= 15 is 0 Å². The molecule has 19 heavy (non-hydrogen) atoms. The molecule has 0 spiro atoms. The van der Waals surface area contributed by atoms with Crippen molar-refractivity contribution in [3.63, 3.8) is 0 Å². The van der Waals surface area contributed by atoms with Gasteiger partial charge in [-0.3, -0.25) is 0 Å². The van der Waals surface area contributed by atoms with E-state index in [-0.39, 0.29) is 10.3 Å². The van der Waals surface area contributed by atoms with Gasteiger partial charge in [-0.2, -0.15) is 0 Å². The summed E-state index contributed by atoms with van der Waals surface area (Å²) in [6.45, 7) is 6.90. The molecule has 1 N–H and O–H groups in total. The summed E-state index contributed by atoms with van der Waals surface area (Å²) in [4.78, 5) is 0.268. The SMILES string of the molecule is COc1ccc(S(=O)(=O)NCCCC(C)(C)C)cc1. The predicted octanol–water partition coefficient (Wildman–Crippen LogP) is 2.80. The van der Waals surface area contributed by atoms with Crippen LogP contribution in [-0.4, -0.2) is 22.1 Å². The molecular weight excluding hydrogens is 262 g/mol. The van der Waals surface area contributed by atoms with Gasteiger partial charge in [0.15, 0.2) is 0 Å². The molecule has 0 unspecified atom stereocenters. The van der Waals surface area contributed by atoms with Gasteiger partial charge in [0.2, 0.25) is 10.0 Å². The minimum atomic E-state index is -3.41. The lowest BCUT2D eigenvalue weighted by Gasteiger charge is -2.17. The molecular formula is C14H23NO3S. The maximum Gasteiger partial charge on any atom is 0.240 e. The minimum absolute atomic E-state index is 0.228. The summed E-state index contributed by atoms with van der Waals surface area (Å²) in [6.07, 6.45) is 1.82. The van der Waals surface area contributed by atoms with Crippen LogP contribution in [-0.2, 0) is 10.0 Å². The second-order valence-corrected chi connectivity index (χ2v) is 7.50. The van der Waals surface area contributed by atoms with E-state index in [0.29, 0.717) is 12.3 Å². The van der Waals surface area contributed by atoms with E-state index in [1.165, 1.54) is 0 Å². The number of benzene rings is 1. The van der Waals surface area contributed by atoms with Crippen LogP contribution in [0.3, 0.4) is 0 Å². The third-order valence-electron chi connectivity index (χ3n) is 2.77. The Bertz CT molecular complexity index is 486. The van der Waals surface area contributed by atoms with Crippen molar-refractivity contribution in [1.82, 2.24) is 4.72 Å². The Hall–Kier alpha value is -1.07. The average Bonchev–Trinajstić information content (AvgIpc) is 2.34. The molecule has 0 heterocycles. The van der Waals surface area contributed by atoms with Crippen LogP contribution >= 0.6 is 0 Å². The van der Waals surface area contributed by atoms with E-state index in [0.717, 1.165) is 12.8 Å². The number of methoxy groups -OCH3 is 1. The second kappa shape index (κ2) is 6.39. The van der Waals surface area contributed by atoms with Gasteiger partial charge < -0.3 is 4.74 Å². The number of hydrogen-bond acceptors (Lipinski definition) is 3. The van der Waals surface area contributed by atoms with Crippen LogP contribution < -0.4 is 9.46 Å². The molecule has 4 nitrogen and oxygen atoms in total. The highest BCUT2D eigenvalue weighted by molar-refractivity contribution is 7.89. The van der Waals surface area contributed by atoms with E-state index in [4.69, 9.17) is 4.74 Å². The molecule has 0 fully saturated rings. The van der Waals surface area contributed by atoms with E-state index in [1.54, 1.807) is 31.4 Å². The van der Waals surface area contributed by atoms with Crippen molar-refractivity contribution in [2.45, 2.75) is 38.5 Å². The maximum atomic E-state index is 12.0. The third kappa shape index (κ3) is 5.61. The van der Waals surface area contributed by atoms with Crippen LogP contribution in [0.4, 0.5) is 0 Å². The Labute approximate surface area is 116 Å². The van der Waals surface area contributed by atoms with Crippen molar-refractivity contribution in [3.05, 3.63) is 24.3 Å². The monoisotopic (exact) mass is 285 g/mol. The molecule has 108 valence electrons. The fourth-order valence-corrected chi connectivity index (χ4v) is 2.74. The smallest absolute Gasteiger partial charge is 0.240 e. The molecule has 0 aliphatic rings. The van der Waals surface area contributed by atoms with Crippen molar-refractivity contribution in [3.8, 4) is 5.75 Å². The molecule has 0 aliphatic heterocycles. The van der Waals surface area contributed by atoms with Crippen LogP contribution in [0.1, 0.15) is 33.6 Å². The lowest BCUT2D eigenvalue weighted by atomic mass is 9.91. The summed E-state index contributed by atoms with van der Waals surface area (Å²) in [6, 6.07) is 6.38. The van der Waals surface area contributed by atoms with Crippen molar-refractivity contribution >= 4 is 10.0 Å². The van der Waals surface area contributed by atoms with Gasteiger partial charge in [-0.15, -0.1) is 0 Å². The molecule has 5 heteroatoms. The van der Waals surface area contributed by atoms with Gasteiger partial charge >= 0.3 is 0 Å². The number of nitrogens with one attached hydrogen (secondary N) is 1. The van der Waals surface area contributed by atoms with E-state index < -0.39 is 10.0 Å². The molecule has 0 bridgehead atoms. The summed E-state index contributed by atoms with van der Waals surface area (Å²) in [5, 5.41) is 0. The summed E-state index contributed by atoms with van der Waals surface area (Å²) < 4.78 is 31.6. The molecule has 0 saturated heterocycles. The lowest BCUT2D eigenvalue weighted by molar-refractivity contribution is 0.365. The summed E-state index contributed by atoms with van der Waals surface area (Å²) >= 11 is 0. The van der Waals surface area contributed by atoms with Crippen LogP contribution in [0.2, 0.25) is 0 Å². The Kier molecular flexibility index (Phi) is 5.38. The lowest BCUT2D eigenvalue weighted by Crippen LogP contribution is -2.25. The topological polar surface area (TPSA) is 55.4 Å². The Morgan fingerprint density at radius 1 is 1.16 bits per heavy atom. The van der Waals surface area contributed by atoms with Gasteiger partial charge in [0, 0.05) is 6.54 Å². The molecule has 0 radical (unpaired) electrons. The summed E-state index contributed by atoms with van der Waals surface area (Å²) in [7, 11) is -1.86. The fourth-order valence-electron chi connectivity index (χ4n) is 1.66. The van der Waals surface area contributed by atoms with E-state index in [1.807, 2.05) is 0 Å². The molecule has 0 amide bonds. The highest BCUT2D eigenvalue weighted by Gasteiger charge is 2.14. The largest absolute Gasteiger partial charge is 0.497 e. The Morgan fingerprint density at radius 2 is 1.74 bits per heavy atom. The summed E-state index contributed by atoms with van der Waals surface area (Å²) in [5.41, 5.74) is 0.228. The van der Waals surface area contributed by atoms with E-state index in [2.05, 4.69) is 25.5 Å². The van der Waals surface area contributed by atoms with Crippen molar-refractivity contribution < 1.29 is 13.2 Å². The van der Waals surface area contributed by atoms with Gasteiger partial charge in [-0.05, 0) is 42.5 Å². The van der Waals surface area contributed by atoms with Gasteiger partial charge in [0.25, 0.3) is 0 Å². The average molecular weight is 285 g/mol.